The fourth-order valence-corrected chi connectivity index (χ4v) is 6.79. The van der Waals surface area contributed by atoms with Crippen molar-refractivity contribution in [2.75, 3.05) is 6.79 Å². The molecule has 8 aromatic rings. The first-order valence-corrected chi connectivity index (χ1v) is 15.2. The first-order valence-electron chi connectivity index (χ1n) is 15.2. The lowest BCUT2D eigenvalue weighted by Gasteiger charge is -2.13. The Morgan fingerprint density at radius 3 is 2.36 bits per heavy atom. The van der Waals surface area contributed by atoms with Gasteiger partial charge in [0.2, 0.25) is 6.79 Å². The van der Waals surface area contributed by atoms with E-state index in [2.05, 4.69) is 54.0 Å². The van der Waals surface area contributed by atoms with Gasteiger partial charge in [0.1, 0.15) is 16.7 Å². The molecule has 1 aliphatic heterocycles. The Morgan fingerprint density at radius 2 is 1.51 bits per heavy atom. The fraction of sp³-hybridized carbons (Fsp3) is 0.167. The maximum Gasteiger partial charge on any atom is 0.265 e. The predicted molar refractivity (Wildman–Crippen MR) is 176 cm³/mol. The van der Waals surface area contributed by atoms with E-state index in [4.69, 9.17) is 24.4 Å². The topological polar surface area (TPSA) is 89.0 Å². The van der Waals surface area contributed by atoms with E-state index in [1.807, 2.05) is 54.0 Å². The molecule has 4 aromatic carbocycles. The number of nitrogens with zero attached hydrogens (tertiary/aromatic N) is 6. The van der Waals surface area contributed by atoms with E-state index >= 15 is 0 Å². The van der Waals surface area contributed by atoms with E-state index in [1.165, 1.54) is 10.9 Å². The zero-order chi connectivity index (χ0) is 30.2. The molecule has 9 nitrogen and oxygen atoms in total. The molecule has 0 aliphatic carbocycles. The van der Waals surface area contributed by atoms with Gasteiger partial charge < -0.3 is 14.0 Å². The lowest BCUT2D eigenvalue weighted by atomic mass is 10.1. The lowest BCUT2D eigenvalue weighted by molar-refractivity contribution is 0.174. The quantitative estimate of drug-likeness (QED) is 0.220. The molecule has 9 rings (SSSR count). The second-order valence-corrected chi connectivity index (χ2v) is 11.3. The van der Waals surface area contributed by atoms with Gasteiger partial charge in [0.15, 0.2) is 22.8 Å². The highest BCUT2D eigenvalue weighted by atomic mass is 16.7. The Morgan fingerprint density at radius 1 is 0.733 bits per heavy atom. The molecule has 5 heterocycles. The van der Waals surface area contributed by atoms with Gasteiger partial charge in [-0.25, -0.2) is 15.0 Å². The molecule has 0 unspecified atom stereocenters. The van der Waals surface area contributed by atoms with Crippen LogP contribution in [0.15, 0.2) is 89.7 Å². The molecular weight excluding hydrogens is 564 g/mol. The van der Waals surface area contributed by atoms with Crippen LogP contribution in [0.1, 0.15) is 25.2 Å². The molecule has 0 saturated carbocycles. The van der Waals surface area contributed by atoms with Crippen molar-refractivity contribution < 1.29 is 9.47 Å². The SMILES string of the molecule is CCc1nc2c(c(=O)n1Cc1ccc3c(c1)OCO3)c1nc3ccccc3nc1n2-c1ccc2c(c1)c1ccccc1n2CC. The molecule has 0 saturated heterocycles. The standard InChI is InChI=1S/C36H28N6O3/c1-3-31-39-34-32(36(43)41(31)19-21-13-16-29-30(17-21)45-20-44-29)33-35(38-26-11-7-6-10-25(26)37-33)42(34)22-14-15-28-24(18-22)23-9-5-8-12-27(23)40(28)4-2/h5-18H,3-4,19-20H2,1-2H3. The summed E-state index contributed by atoms with van der Waals surface area (Å²) in [6.45, 7) is 5.59. The van der Waals surface area contributed by atoms with Gasteiger partial charge in [-0.15, -0.1) is 0 Å². The highest BCUT2D eigenvalue weighted by Gasteiger charge is 2.24. The van der Waals surface area contributed by atoms with Gasteiger partial charge in [0.05, 0.1) is 17.6 Å². The fourth-order valence-electron chi connectivity index (χ4n) is 6.79. The molecule has 45 heavy (non-hydrogen) atoms. The van der Waals surface area contributed by atoms with Crippen LogP contribution >= 0.6 is 0 Å². The number of rotatable bonds is 5. The van der Waals surface area contributed by atoms with Crippen LogP contribution < -0.4 is 15.0 Å². The van der Waals surface area contributed by atoms with E-state index < -0.39 is 0 Å². The molecule has 0 bridgehead atoms. The van der Waals surface area contributed by atoms with Gasteiger partial charge in [-0.2, -0.15) is 0 Å². The summed E-state index contributed by atoms with van der Waals surface area (Å²) >= 11 is 0. The third-order valence-electron chi connectivity index (χ3n) is 8.87. The third kappa shape index (κ3) is 3.73. The number of benzene rings is 4. The molecule has 220 valence electrons. The Hall–Kier alpha value is -5.70. The van der Waals surface area contributed by atoms with Crippen LogP contribution in [0.4, 0.5) is 0 Å². The smallest absolute Gasteiger partial charge is 0.265 e. The van der Waals surface area contributed by atoms with Crippen LogP contribution in [0.3, 0.4) is 0 Å². The number of hydrogen-bond donors (Lipinski definition) is 0. The maximum atomic E-state index is 14.6. The van der Waals surface area contributed by atoms with Crippen molar-refractivity contribution in [2.24, 2.45) is 0 Å². The minimum absolute atomic E-state index is 0.147. The summed E-state index contributed by atoms with van der Waals surface area (Å²) < 4.78 is 17.2. The lowest BCUT2D eigenvalue weighted by Crippen LogP contribution is -2.26. The largest absolute Gasteiger partial charge is 0.454 e. The first-order chi connectivity index (χ1) is 22.1. The number of para-hydroxylation sites is 3. The Kier molecular flexibility index (Phi) is 5.53. The summed E-state index contributed by atoms with van der Waals surface area (Å²) in [6, 6.07) is 28.4. The van der Waals surface area contributed by atoms with Gasteiger partial charge in [-0.3, -0.25) is 13.9 Å². The number of aryl methyl sites for hydroxylation is 2. The summed E-state index contributed by atoms with van der Waals surface area (Å²) in [5.41, 5.74) is 7.21. The van der Waals surface area contributed by atoms with E-state index in [0.29, 0.717) is 52.5 Å². The molecule has 0 atom stereocenters. The number of ether oxygens (including phenoxy) is 2. The highest BCUT2D eigenvalue weighted by Crippen LogP contribution is 2.35. The summed E-state index contributed by atoms with van der Waals surface area (Å²) in [7, 11) is 0. The van der Waals surface area contributed by atoms with Gasteiger partial charge in [0.25, 0.3) is 5.56 Å². The normalized spacial score (nSPS) is 12.8. The molecule has 1 aliphatic rings. The van der Waals surface area contributed by atoms with Gasteiger partial charge in [-0.1, -0.05) is 43.3 Å². The second kappa shape index (κ2) is 9.65. The average molecular weight is 593 g/mol. The number of hydrogen-bond acceptors (Lipinski definition) is 6. The molecule has 9 heteroatoms. The van der Waals surface area contributed by atoms with Gasteiger partial charge in [-0.05, 0) is 61.0 Å². The van der Waals surface area contributed by atoms with Crippen LogP contribution in [-0.2, 0) is 19.5 Å². The van der Waals surface area contributed by atoms with Crippen molar-refractivity contribution in [2.45, 2.75) is 33.4 Å². The van der Waals surface area contributed by atoms with Gasteiger partial charge >= 0.3 is 0 Å². The van der Waals surface area contributed by atoms with Crippen molar-refractivity contribution in [1.82, 2.24) is 28.7 Å². The molecular formula is C36H28N6O3. The summed E-state index contributed by atoms with van der Waals surface area (Å²) in [4.78, 5) is 29.8. The van der Waals surface area contributed by atoms with Crippen molar-refractivity contribution in [3.8, 4) is 17.2 Å². The molecule has 0 amide bonds. The third-order valence-corrected chi connectivity index (χ3v) is 8.87. The Labute approximate surface area is 256 Å². The summed E-state index contributed by atoms with van der Waals surface area (Å²) in [5.74, 6) is 2.07. The summed E-state index contributed by atoms with van der Waals surface area (Å²) in [5, 5.41) is 2.78. The maximum absolute atomic E-state index is 14.6. The number of aromatic nitrogens is 6. The summed E-state index contributed by atoms with van der Waals surface area (Å²) in [6.07, 6.45) is 0.573. The van der Waals surface area contributed by atoms with E-state index in [0.717, 1.165) is 39.7 Å². The predicted octanol–water partition coefficient (Wildman–Crippen LogP) is 6.75. The van der Waals surface area contributed by atoms with Crippen LogP contribution in [0.5, 0.6) is 11.5 Å². The molecule has 0 radical (unpaired) electrons. The van der Waals surface area contributed by atoms with Crippen molar-refractivity contribution in [1.29, 1.82) is 0 Å². The molecule has 0 fully saturated rings. The van der Waals surface area contributed by atoms with E-state index in [1.54, 1.807) is 4.57 Å². The second-order valence-electron chi connectivity index (χ2n) is 11.3. The molecule has 4 aromatic heterocycles. The monoisotopic (exact) mass is 592 g/mol. The zero-order valence-corrected chi connectivity index (χ0v) is 24.8. The first kappa shape index (κ1) is 25.8. The van der Waals surface area contributed by atoms with E-state index in [9.17, 15) is 4.79 Å². The molecule has 0 spiro atoms. The van der Waals surface area contributed by atoms with Crippen LogP contribution in [0.25, 0.3) is 60.7 Å². The van der Waals surface area contributed by atoms with Crippen LogP contribution in [0, 0.1) is 0 Å². The van der Waals surface area contributed by atoms with E-state index in [-0.39, 0.29) is 12.4 Å². The average Bonchev–Trinajstić information content (AvgIpc) is 3.76. The van der Waals surface area contributed by atoms with Crippen LogP contribution in [-0.4, -0.2) is 35.4 Å². The van der Waals surface area contributed by atoms with Crippen LogP contribution in [0.2, 0.25) is 0 Å². The van der Waals surface area contributed by atoms with Crippen molar-refractivity contribution >= 4 is 55.0 Å². The zero-order valence-electron chi connectivity index (χ0n) is 24.8. The van der Waals surface area contributed by atoms with Gasteiger partial charge in [0, 0.05) is 40.5 Å². The minimum Gasteiger partial charge on any atom is -0.454 e. The van der Waals surface area contributed by atoms with Crippen molar-refractivity contribution in [3.63, 3.8) is 0 Å². The highest BCUT2D eigenvalue weighted by molar-refractivity contribution is 6.10. The number of fused-ring (bicyclic) bond motifs is 8. The Bertz CT molecular complexity index is 2560. The molecule has 0 N–H and O–H groups in total. The van der Waals surface area contributed by atoms with Crippen molar-refractivity contribution in [3.05, 3.63) is 107 Å². The minimum atomic E-state index is -0.147. The Balaban J connectivity index is 1.35.